The number of ether oxygens (including phenoxy) is 1. The molecule has 148 valence electrons. The molecule has 1 N–H and O–H groups in total. The number of anilines is 1. The van der Waals surface area contributed by atoms with Gasteiger partial charge in [-0.15, -0.1) is 11.3 Å². The van der Waals surface area contributed by atoms with Crippen molar-refractivity contribution in [1.29, 1.82) is 0 Å². The third-order valence-electron chi connectivity index (χ3n) is 4.41. The molecule has 0 aliphatic rings. The predicted molar refractivity (Wildman–Crippen MR) is 120 cm³/mol. The molecule has 0 aliphatic carbocycles. The summed E-state index contributed by atoms with van der Waals surface area (Å²) in [6, 6.07) is 18.3. The van der Waals surface area contributed by atoms with Crippen LogP contribution >= 0.6 is 11.3 Å². The highest BCUT2D eigenvalue weighted by Gasteiger charge is 2.14. The number of fused-ring (bicyclic) bond motifs is 1. The lowest BCUT2D eigenvalue weighted by Gasteiger charge is -2.10. The van der Waals surface area contributed by atoms with Gasteiger partial charge in [-0.2, -0.15) is 0 Å². The van der Waals surface area contributed by atoms with Crippen LogP contribution in [0.2, 0.25) is 0 Å². The molecule has 4 aromatic rings. The van der Waals surface area contributed by atoms with Crippen molar-refractivity contribution in [1.82, 2.24) is 15.0 Å². The van der Waals surface area contributed by atoms with Crippen molar-refractivity contribution >= 4 is 27.4 Å². The van der Waals surface area contributed by atoms with Gasteiger partial charge in [0.05, 0.1) is 11.5 Å². The molecule has 0 spiro atoms. The molecule has 0 aliphatic heterocycles. The van der Waals surface area contributed by atoms with E-state index in [-0.39, 0.29) is 6.10 Å². The number of nitrogens with one attached hydrogen (secondary N) is 1. The van der Waals surface area contributed by atoms with Gasteiger partial charge in [0, 0.05) is 24.2 Å². The Bertz CT molecular complexity index is 1060. The smallest absolute Gasteiger partial charge is 0.181 e. The largest absolute Gasteiger partial charge is 0.379 e. The summed E-state index contributed by atoms with van der Waals surface area (Å²) in [5.74, 6) is 1.49. The van der Waals surface area contributed by atoms with Gasteiger partial charge in [-0.05, 0) is 44.0 Å². The molecule has 0 bridgehead atoms. The summed E-state index contributed by atoms with van der Waals surface area (Å²) in [6.07, 6.45) is 2.93. The maximum absolute atomic E-state index is 5.64. The van der Waals surface area contributed by atoms with Gasteiger partial charge in [-0.25, -0.2) is 9.97 Å². The van der Waals surface area contributed by atoms with E-state index >= 15 is 0 Å². The molecule has 0 saturated carbocycles. The number of pyridine rings is 1. The first kappa shape index (κ1) is 19.5. The maximum atomic E-state index is 5.64. The molecular weight excluding hydrogens is 380 g/mol. The SMILES string of the molecule is CC(C)OCCCNc1nc(-c2ccccn2)nc2sc(-c3ccccc3)cc12. The van der Waals surface area contributed by atoms with Crippen LogP contribution in [0.15, 0.2) is 60.8 Å². The van der Waals surface area contributed by atoms with Gasteiger partial charge in [0.15, 0.2) is 5.82 Å². The van der Waals surface area contributed by atoms with Gasteiger partial charge in [0.1, 0.15) is 16.3 Å². The van der Waals surface area contributed by atoms with Crippen LogP contribution in [0, 0.1) is 0 Å². The van der Waals surface area contributed by atoms with Crippen molar-refractivity contribution in [3.63, 3.8) is 0 Å². The topological polar surface area (TPSA) is 59.9 Å². The monoisotopic (exact) mass is 404 g/mol. The zero-order valence-electron chi connectivity index (χ0n) is 16.6. The third kappa shape index (κ3) is 4.78. The minimum atomic E-state index is 0.252. The summed E-state index contributed by atoms with van der Waals surface area (Å²) in [7, 11) is 0. The van der Waals surface area contributed by atoms with Crippen molar-refractivity contribution in [2.75, 3.05) is 18.5 Å². The number of aromatic nitrogens is 3. The van der Waals surface area contributed by atoms with Crippen LogP contribution in [0.3, 0.4) is 0 Å². The van der Waals surface area contributed by atoms with Crippen molar-refractivity contribution in [3.8, 4) is 22.0 Å². The highest BCUT2D eigenvalue weighted by molar-refractivity contribution is 7.21. The van der Waals surface area contributed by atoms with E-state index in [4.69, 9.17) is 14.7 Å². The summed E-state index contributed by atoms with van der Waals surface area (Å²) in [4.78, 5) is 16.2. The molecule has 3 heterocycles. The summed E-state index contributed by atoms with van der Waals surface area (Å²) in [5.41, 5.74) is 1.96. The summed E-state index contributed by atoms with van der Waals surface area (Å²) in [5, 5.41) is 4.52. The molecule has 0 saturated heterocycles. The number of thiophene rings is 1. The van der Waals surface area contributed by atoms with Crippen LogP contribution in [0.1, 0.15) is 20.3 Å². The fraction of sp³-hybridized carbons (Fsp3) is 0.261. The quantitative estimate of drug-likeness (QED) is 0.385. The Hall–Kier alpha value is -2.83. The van der Waals surface area contributed by atoms with E-state index in [1.54, 1.807) is 17.5 Å². The Kier molecular flexibility index (Phi) is 6.12. The van der Waals surface area contributed by atoms with Crippen molar-refractivity contribution in [3.05, 3.63) is 60.8 Å². The first-order valence-electron chi connectivity index (χ1n) is 9.84. The van der Waals surface area contributed by atoms with Crippen molar-refractivity contribution in [2.24, 2.45) is 0 Å². The number of hydrogen-bond acceptors (Lipinski definition) is 6. The molecule has 0 fully saturated rings. The molecule has 0 radical (unpaired) electrons. The van der Waals surface area contributed by atoms with Gasteiger partial charge in [-0.3, -0.25) is 4.98 Å². The lowest BCUT2D eigenvalue weighted by molar-refractivity contribution is 0.0787. The minimum Gasteiger partial charge on any atom is -0.379 e. The maximum Gasteiger partial charge on any atom is 0.181 e. The average molecular weight is 405 g/mol. The Labute approximate surface area is 174 Å². The second-order valence-electron chi connectivity index (χ2n) is 7.01. The zero-order valence-corrected chi connectivity index (χ0v) is 17.4. The summed E-state index contributed by atoms with van der Waals surface area (Å²) < 4.78 is 5.64. The van der Waals surface area contributed by atoms with Crippen LogP contribution in [-0.2, 0) is 4.74 Å². The van der Waals surface area contributed by atoms with E-state index < -0.39 is 0 Å². The van der Waals surface area contributed by atoms with E-state index in [1.807, 2.05) is 24.3 Å². The number of nitrogens with zero attached hydrogens (tertiary/aromatic N) is 3. The fourth-order valence-corrected chi connectivity index (χ4v) is 4.05. The van der Waals surface area contributed by atoms with Crippen molar-refractivity contribution < 1.29 is 4.74 Å². The summed E-state index contributed by atoms with van der Waals surface area (Å²) >= 11 is 1.68. The van der Waals surface area contributed by atoms with Crippen LogP contribution in [0.4, 0.5) is 5.82 Å². The molecule has 29 heavy (non-hydrogen) atoms. The second kappa shape index (κ2) is 9.11. The van der Waals surface area contributed by atoms with Crippen LogP contribution in [0.5, 0.6) is 0 Å². The standard InChI is InChI=1S/C23H24N4OS/c1-16(2)28-14-8-13-25-21-18-15-20(17-9-4-3-5-10-17)29-23(18)27-22(26-21)19-11-6-7-12-24-19/h3-7,9-12,15-16H,8,13-14H2,1-2H3,(H,25,26,27). The van der Waals surface area contributed by atoms with Crippen LogP contribution in [-0.4, -0.2) is 34.2 Å². The van der Waals surface area contributed by atoms with E-state index in [1.165, 1.54) is 10.4 Å². The van der Waals surface area contributed by atoms with Gasteiger partial charge in [0.2, 0.25) is 0 Å². The summed E-state index contributed by atoms with van der Waals surface area (Å²) in [6.45, 7) is 5.62. The second-order valence-corrected chi connectivity index (χ2v) is 8.04. The Morgan fingerprint density at radius 3 is 2.62 bits per heavy atom. The molecule has 0 unspecified atom stereocenters. The number of hydrogen-bond donors (Lipinski definition) is 1. The number of rotatable bonds is 8. The molecule has 1 aromatic carbocycles. The molecule has 6 heteroatoms. The van der Waals surface area contributed by atoms with E-state index in [0.717, 1.165) is 41.3 Å². The van der Waals surface area contributed by atoms with E-state index in [2.05, 4.69) is 54.5 Å². The third-order valence-corrected chi connectivity index (χ3v) is 5.49. The molecular formula is C23H24N4OS. The zero-order chi connectivity index (χ0) is 20.1. The number of benzene rings is 1. The molecule has 3 aromatic heterocycles. The molecule has 0 amide bonds. The van der Waals surface area contributed by atoms with E-state index in [9.17, 15) is 0 Å². The first-order valence-corrected chi connectivity index (χ1v) is 10.7. The lowest BCUT2D eigenvalue weighted by Crippen LogP contribution is -2.10. The Balaban J connectivity index is 1.67. The first-order chi connectivity index (χ1) is 14.2. The average Bonchev–Trinajstić information content (AvgIpc) is 3.19. The Morgan fingerprint density at radius 1 is 1.03 bits per heavy atom. The predicted octanol–water partition coefficient (Wildman–Crippen LogP) is 5.65. The van der Waals surface area contributed by atoms with Crippen LogP contribution < -0.4 is 5.32 Å². The van der Waals surface area contributed by atoms with Gasteiger partial charge in [0.25, 0.3) is 0 Å². The van der Waals surface area contributed by atoms with Gasteiger partial charge < -0.3 is 10.1 Å². The van der Waals surface area contributed by atoms with E-state index in [0.29, 0.717) is 5.82 Å². The molecule has 5 nitrogen and oxygen atoms in total. The molecule has 0 atom stereocenters. The highest BCUT2D eigenvalue weighted by atomic mass is 32.1. The highest BCUT2D eigenvalue weighted by Crippen LogP contribution is 2.36. The van der Waals surface area contributed by atoms with Gasteiger partial charge in [-0.1, -0.05) is 36.4 Å². The minimum absolute atomic E-state index is 0.252. The van der Waals surface area contributed by atoms with Crippen LogP contribution in [0.25, 0.3) is 32.2 Å². The normalized spacial score (nSPS) is 11.3. The van der Waals surface area contributed by atoms with Gasteiger partial charge >= 0.3 is 0 Å². The lowest BCUT2D eigenvalue weighted by atomic mass is 10.2. The Morgan fingerprint density at radius 2 is 1.86 bits per heavy atom. The fourth-order valence-electron chi connectivity index (χ4n) is 3.01. The van der Waals surface area contributed by atoms with Crippen molar-refractivity contribution in [2.45, 2.75) is 26.4 Å². The molecule has 4 rings (SSSR count).